The van der Waals surface area contributed by atoms with Gasteiger partial charge in [0.05, 0.1) is 13.7 Å². The van der Waals surface area contributed by atoms with Crippen LogP contribution >= 0.6 is 0 Å². The summed E-state index contributed by atoms with van der Waals surface area (Å²) in [7, 11) is 1.68. The summed E-state index contributed by atoms with van der Waals surface area (Å²) in [5.41, 5.74) is 1.12. The molecule has 146 valence electrons. The Morgan fingerprint density at radius 3 is 2.59 bits per heavy atom. The van der Waals surface area contributed by atoms with Gasteiger partial charge in [0.25, 0.3) is 0 Å². The van der Waals surface area contributed by atoms with E-state index in [1.807, 2.05) is 49.4 Å². The van der Waals surface area contributed by atoms with Crippen molar-refractivity contribution in [2.24, 2.45) is 4.99 Å². The van der Waals surface area contributed by atoms with Crippen LogP contribution in [0.15, 0.2) is 59.6 Å². The Hall–Kier alpha value is -2.53. The summed E-state index contributed by atoms with van der Waals surface area (Å²) in [4.78, 5) is 4.56. The molecule has 2 aromatic carbocycles. The molecular formula is C22H31N3O2. The predicted molar refractivity (Wildman–Crippen MR) is 111 cm³/mol. The fraction of sp³-hybridized carbons (Fsp3) is 0.409. The van der Waals surface area contributed by atoms with Crippen molar-refractivity contribution >= 4 is 5.96 Å². The minimum Gasteiger partial charge on any atom is -0.497 e. The number of nitrogens with zero attached hydrogens (tertiary/aromatic N) is 1. The van der Waals surface area contributed by atoms with Crippen LogP contribution in [0.25, 0.3) is 0 Å². The highest BCUT2D eigenvalue weighted by Gasteiger charge is 2.22. The maximum absolute atomic E-state index is 10.7. The number of methoxy groups -OCH3 is 1. The molecule has 0 bridgehead atoms. The summed E-state index contributed by atoms with van der Waals surface area (Å²) in [6.45, 7) is 5.69. The zero-order valence-electron chi connectivity index (χ0n) is 16.5. The van der Waals surface area contributed by atoms with Gasteiger partial charge in [-0.2, -0.15) is 0 Å². The maximum atomic E-state index is 10.7. The average molecular weight is 370 g/mol. The first-order valence-corrected chi connectivity index (χ1v) is 9.48. The fourth-order valence-electron chi connectivity index (χ4n) is 2.79. The number of aliphatic hydroxyl groups is 1. The van der Waals surface area contributed by atoms with Crippen LogP contribution in [0.4, 0.5) is 0 Å². The molecule has 0 aliphatic rings. The van der Waals surface area contributed by atoms with Crippen LogP contribution in [0, 0.1) is 0 Å². The average Bonchev–Trinajstić information content (AvgIpc) is 2.70. The molecule has 0 radical (unpaired) electrons. The van der Waals surface area contributed by atoms with E-state index in [-0.39, 0.29) is 0 Å². The minimum absolute atomic E-state index is 0.294. The molecule has 5 heteroatoms. The van der Waals surface area contributed by atoms with Crippen LogP contribution in [0.1, 0.15) is 31.4 Å². The number of rotatable bonds is 9. The number of guanidine groups is 1. The first kappa shape index (κ1) is 20.8. The molecule has 0 aliphatic carbocycles. The van der Waals surface area contributed by atoms with E-state index in [0.29, 0.717) is 6.54 Å². The first-order chi connectivity index (χ1) is 13.0. The zero-order valence-corrected chi connectivity index (χ0v) is 16.5. The molecule has 0 aromatic heterocycles. The normalized spacial score (nSPS) is 13.7. The lowest BCUT2D eigenvalue weighted by Crippen LogP contribution is -2.39. The van der Waals surface area contributed by atoms with Crippen molar-refractivity contribution in [2.75, 3.05) is 26.7 Å². The summed E-state index contributed by atoms with van der Waals surface area (Å²) in [5.74, 6) is 1.61. The van der Waals surface area contributed by atoms with Gasteiger partial charge in [-0.1, -0.05) is 42.5 Å². The number of ether oxygens (including phenoxy) is 1. The van der Waals surface area contributed by atoms with Gasteiger partial charge in [-0.25, -0.2) is 4.99 Å². The van der Waals surface area contributed by atoms with Crippen LogP contribution in [0.2, 0.25) is 0 Å². The fourth-order valence-corrected chi connectivity index (χ4v) is 2.79. The highest BCUT2D eigenvalue weighted by Crippen LogP contribution is 2.20. The molecule has 0 fully saturated rings. The summed E-state index contributed by atoms with van der Waals surface area (Å²) >= 11 is 0. The Morgan fingerprint density at radius 1 is 1.11 bits per heavy atom. The molecule has 2 aromatic rings. The zero-order chi connectivity index (χ0) is 19.5. The molecule has 0 spiro atoms. The third-order valence-electron chi connectivity index (χ3n) is 4.35. The lowest BCUT2D eigenvalue weighted by Gasteiger charge is -2.22. The Balaban J connectivity index is 1.86. The van der Waals surface area contributed by atoms with E-state index in [9.17, 15) is 5.11 Å². The van der Waals surface area contributed by atoms with E-state index in [1.165, 1.54) is 5.56 Å². The van der Waals surface area contributed by atoms with Gasteiger partial charge >= 0.3 is 0 Å². The molecule has 0 heterocycles. The van der Waals surface area contributed by atoms with Crippen molar-refractivity contribution in [2.45, 2.75) is 32.3 Å². The van der Waals surface area contributed by atoms with Gasteiger partial charge in [0.2, 0.25) is 0 Å². The second-order valence-corrected chi connectivity index (χ2v) is 6.72. The van der Waals surface area contributed by atoms with Crippen molar-refractivity contribution in [3.8, 4) is 5.75 Å². The van der Waals surface area contributed by atoms with Crippen LogP contribution < -0.4 is 15.4 Å². The number of aliphatic imine (C=N–C) groups is 1. The number of hydrogen-bond donors (Lipinski definition) is 3. The summed E-state index contributed by atoms with van der Waals surface area (Å²) in [5, 5.41) is 17.3. The third kappa shape index (κ3) is 6.94. The summed E-state index contributed by atoms with van der Waals surface area (Å²) in [6, 6.07) is 17.8. The van der Waals surface area contributed by atoms with Gasteiger partial charge in [0, 0.05) is 13.1 Å². The van der Waals surface area contributed by atoms with Gasteiger partial charge in [0.15, 0.2) is 5.96 Å². The molecule has 5 nitrogen and oxygen atoms in total. The van der Waals surface area contributed by atoms with Gasteiger partial charge in [-0.3, -0.25) is 0 Å². The van der Waals surface area contributed by atoms with Crippen molar-refractivity contribution in [3.05, 3.63) is 65.7 Å². The third-order valence-corrected chi connectivity index (χ3v) is 4.35. The molecule has 0 aliphatic heterocycles. The molecule has 0 amide bonds. The summed E-state index contributed by atoms with van der Waals surface area (Å²) in [6.07, 6.45) is 1.94. The Labute approximate surface area is 162 Å². The SMILES string of the molecule is CCNC(=NCC(C)(O)c1ccccc1)NCCCc1cccc(OC)c1. The van der Waals surface area contributed by atoms with Gasteiger partial charge in [0.1, 0.15) is 11.4 Å². The van der Waals surface area contributed by atoms with E-state index >= 15 is 0 Å². The van der Waals surface area contributed by atoms with Crippen molar-refractivity contribution in [1.82, 2.24) is 10.6 Å². The van der Waals surface area contributed by atoms with E-state index in [1.54, 1.807) is 14.0 Å². The molecule has 0 saturated carbocycles. The van der Waals surface area contributed by atoms with Gasteiger partial charge in [-0.15, -0.1) is 0 Å². The van der Waals surface area contributed by atoms with Gasteiger partial charge < -0.3 is 20.5 Å². The standard InChI is InChI=1S/C22H31N3O2/c1-4-23-21(25-17-22(2,26)19-12-6-5-7-13-19)24-15-9-11-18-10-8-14-20(16-18)27-3/h5-8,10,12-14,16,26H,4,9,11,15,17H2,1-3H3,(H2,23,24,25). The van der Waals surface area contributed by atoms with Crippen molar-refractivity contribution < 1.29 is 9.84 Å². The van der Waals surface area contributed by atoms with Gasteiger partial charge in [-0.05, 0) is 49.9 Å². The summed E-state index contributed by atoms with van der Waals surface area (Å²) < 4.78 is 5.26. The lowest BCUT2D eigenvalue weighted by molar-refractivity contribution is 0.0672. The molecule has 3 N–H and O–H groups in total. The molecular weight excluding hydrogens is 338 g/mol. The highest BCUT2D eigenvalue weighted by atomic mass is 16.5. The molecule has 0 saturated heterocycles. The topological polar surface area (TPSA) is 65.9 Å². The lowest BCUT2D eigenvalue weighted by atomic mass is 9.96. The number of nitrogens with one attached hydrogen (secondary N) is 2. The van der Waals surface area contributed by atoms with Crippen LogP contribution in [-0.4, -0.2) is 37.8 Å². The molecule has 1 unspecified atom stereocenters. The van der Waals surface area contributed by atoms with E-state index < -0.39 is 5.60 Å². The van der Waals surface area contributed by atoms with Crippen molar-refractivity contribution in [1.29, 1.82) is 0 Å². The molecule has 27 heavy (non-hydrogen) atoms. The Kier molecular flexibility index (Phi) is 8.14. The predicted octanol–water partition coefficient (Wildman–Crippen LogP) is 3.09. The second-order valence-electron chi connectivity index (χ2n) is 6.72. The minimum atomic E-state index is -0.996. The van der Waals surface area contributed by atoms with Crippen molar-refractivity contribution in [3.63, 3.8) is 0 Å². The molecule has 2 rings (SSSR count). The number of benzene rings is 2. The smallest absolute Gasteiger partial charge is 0.191 e. The van der Waals surface area contributed by atoms with E-state index in [2.05, 4.69) is 27.8 Å². The van der Waals surface area contributed by atoms with E-state index in [4.69, 9.17) is 4.74 Å². The van der Waals surface area contributed by atoms with Crippen LogP contribution in [0.3, 0.4) is 0 Å². The number of aryl methyl sites for hydroxylation is 1. The number of hydrogen-bond acceptors (Lipinski definition) is 3. The highest BCUT2D eigenvalue weighted by molar-refractivity contribution is 5.79. The second kappa shape index (κ2) is 10.6. The van der Waals surface area contributed by atoms with E-state index in [0.717, 1.165) is 43.2 Å². The van der Waals surface area contributed by atoms with Crippen LogP contribution in [-0.2, 0) is 12.0 Å². The quantitative estimate of drug-likeness (QED) is 0.361. The largest absolute Gasteiger partial charge is 0.497 e. The maximum Gasteiger partial charge on any atom is 0.191 e. The van der Waals surface area contributed by atoms with Crippen LogP contribution in [0.5, 0.6) is 5.75 Å². The Morgan fingerprint density at radius 2 is 1.89 bits per heavy atom. The monoisotopic (exact) mass is 369 g/mol. The Bertz CT molecular complexity index is 715. The molecule has 1 atom stereocenters. The first-order valence-electron chi connectivity index (χ1n) is 9.48.